The molecule has 3 nitrogen and oxygen atoms in total. The monoisotopic (exact) mass is 171 g/mol. The third-order valence-corrected chi connectivity index (χ3v) is 3.12. The molecule has 1 aliphatic carbocycles. The maximum Gasteiger partial charge on any atom is 0.309 e. The van der Waals surface area contributed by atoms with Crippen LogP contribution in [0.5, 0.6) is 0 Å². The summed E-state index contributed by atoms with van der Waals surface area (Å²) < 4.78 is 0. The quantitative estimate of drug-likeness (QED) is 0.656. The molecule has 2 atom stereocenters. The van der Waals surface area contributed by atoms with Crippen molar-refractivity contribution in [1.82, 2.24) is 0 Å². The average molecular weight is 171 g/mol. The lowest BCUT2D eigenvalue weighted by atomic mass is 9.75. The third kappa shape index (κ3) is 1.33. The zero-order valence-corrected chi connectivity index (χ0v) is 7.71. The first-order valence-electron chi connectivity index (χ1n) is 4.48. The van der Waals surface area contributed by atoms with E-state index < -0.39 is 11.4 Å². The van der Waals surface area contributed by atoms with E-state index in [2.05, 4.69) is 0 Å². The molecule has 1 saturated carbocycles. The molecule has 0 radical (unpaired) electrons. The number of carboxylic acids is 1. The van der Waals surface area contributed by atoms with Crippen LogP contribution < -0.4 is 5.73 Å². The Bertz CT molecular complexity index is 191. The molecule has 0 aromatic carbocycles. The largest absolute Gasteiger partial charge is 0.481 e. The summed E-state index contributed by atoms with van der Waals surface area (Å²) in [4.78, 5) is 11.1. The van der Waals surface area contributed by atoms with Crippen LogP contribution >= 0.6 is 0 Å². The number of hydrogen-bond acceptors (Lipinski definition) is 2. The Labute approximate surface area is 72.9 Å². The van der Waals surface area contributed by atoms with Crippen molar-refractivity contribution in [3.63, 3.8) is 0 Å². The highest BCUT2D eigenvalue weighted by Gasteiger charge is 2.46. The Morgan fingerprint density at radius 3 is 2.42 bits per heavy atom. The highest BCUT2D eigenvalue weighted by atomic mass is 16.4. The van der Waals surface area contributed by atoms with Gasteiger partial charge >= 0.3 is 5.97 Å². The van der Waals surface area contributed by atoms with Gasteiger partial charge in [0.2, 0.25) is 0 Å². The summed E-state index contributed by atoms with van der Waals surface area (Å²) in [6.07, 6.45) is 2.23. The summed E-state index contributed by atoms with van der Waals surface area (Å²) >= 11 is 0. The number of carboxylic acid groups (broad SMARTS) is 1. The van der Waals surface area contributed by atoms with Gasteiger partial charge in [-0.05, 0) is 25.2 Å². The van der Waals surface area contributed by atoms with Crippen molar-refractivity contribution in [3.05, 3.63) is 0 Å². The summed E-state index contributed by atoms with van der Waals surface area (Å²) in [5.74, 6) is -0.492. The Morgan fingerprint density at radius 2 is 2.25 bits per heavy atom. The lowest BCUT2D eigenvalue weighted by Crippen LogP contribution is -2.35. The molecule has 1 rings (SSSR count). The molecular weight excluding hydrogens is 154 g/mol. The minimum Gasteiger partial charge on any atom is -0.481 e. The molecule has 70 valence electrons. The van der Waals surface area contributed by atoms with Gasteiger partial charge in [-0.1, -0.05) is 13.8 Å². The molecule has 0 heterocycles. The molecule has 0 aromatic rings. The highest BCUT2D eigenvalue weighted by molar-refractivity contribution is 5.75. The van der Waals surface area contributed by atoms with E-state index in [1.54, 1.807) is 0 Å². The fraction of sp³-hybridized carbons (Fsp3) is 0.889. The molecule has 12 heavy (non-hydrogen) atoms. The van der Waals surface area contributed by atoms with Gasteiger partial charge in [-0.15, -0.1) is 0 Å². The minimum atomic E-state index is -0.676. The molecular formula is C9H17NO2. The van der Waals surface area contributed by atoms with Crippen LogP contribution in [0.3, 0.4) is 0 Å². The van der Waals surface area contributed by atoms with E-state index in [1.807, 2.05) is 13.8 Å². The second-order valence-electron chi connectivity index (χ2n) is 4.12. The Hall–Kier alpha value is -0.570. The summed E-state index contributed by atoms with van der Waals surface area (Å²) in [5, 5.41) is 9.10. The summed E-state index contributed by atoms with van der Waals surface area (Å²) in [5.41, 5.74) is 5.18. The molecule has 0 aliphatic heterocycles. The fourth-order valence-corrected chi connectivity index (χ4v) is 2.08. The van der Waals surface area contributed by atoms with Crippen molar-refractivity contribution in [2.75, 3.05) is 0 Å². The van der Waals surface area contributed by atoms with Crippen molar-refractivity contribution in [3.8, 4) is 0 Å². The Kier molecular flexibility index (Phi) is 2.42. The molecule has 0 bridgehead atoms. The van der Waals surface area contributed by atoms with Crippen LogP contribution in [0.1, 0.15) is 33.1 Å². The van der Waals surface area contributed by atoms with Crippen LogP contribution in [-0.2, 0) is 4.79 Å². The van der Waals surface area contributed by atoms with Crippen LogP contribution in [0, 0.1) is 11.3 Å². The van der Waals surface area contributed by atoms with Crippen molar-refractivity contribution in [2.24, 2.45) is 17.1 Å². The van der Waals surface area contributed by atoms with E-state index in [4.69, 9.17) is 10.8 Å². The van der Waals surface area contributed by atoms with Gasteiger partial charge in [-0.2, -0.15) is 0 Å². The van der Waals surface area contributed by atoms with Crippen molar-refractivity contribution < 1.29 is 9.90 Å². The predicted molar refractivity (Wildman–Crippen MR) is 46.7 cm³/mol. The highest BCUT2D eigenvalue weighted by Crippen LogP contribution is 2.43. The fourth-order valence-electron chi connectivity index (χ4n) is 2.08. The van der Waals surface area contributed by atoms with Crippen LogP contribution in [-0.4, -0.2) is 17.1 Å². The van der Waals surface area contributed by atoms with E-state index in [-0.39, 0.29) is 12.0 Å². The third-order valence-electron chi connectivity index (χ3n) is 3.12. The Balaban J connectivity index is 2.82. The molecule has 3 N–H and O–H groups in total. The van der Waals surface area contributed by atoms with Crippen molar-refractivity contribution in [1.29, 1.82) is 0 Å². The van der Waals surface area contributed by atoms with E-state index in [1.165, 1.54) is 0 Å². The first kappa shape index (κ1) is 9.52. The minimum absolute atomic E-state index is 0.0866. The van der Waals surface area contributed by atoms with Crippen LogP contribution in [0.2, 0.25) is 0 Å². The molecule has 1 aliphatic rings. The summed E-state index contributed by atoms with van der Waals surface area (Å²) in [6, 6.07) is 0.0866. The topological polar surface area (TPSA) is 63.3 Å². The van der Waals surface area contributed by atoms with Crippen LogP contribution in [0.25, 0.3) is 0 Å². The molecule has 0 spiro atoms. The van der Waals surface area contributed by atoms with E-state index in [0.717, 1.165) is 12.8 Å². The molecule has 0 saturated heterocycles. The molecule has 1 fully saturated rings. The van der Waals surface area contributed by atoms with Gasteiger partial charge in [0, 0.05) is 6.04 Å². The van der Waals surface area contributed by atoms with Crippen LogP contribution in [0.15, 0.2) is 0 Å². The SMILES string of the molecule is CC(C)[C@]1(C(=O)O)CC[C@@H](N)C1. The van der Waals surface area contributed by atoms with E-state index >= 15 is 0 Å². The van der Waals surface area contributed by atoms with Crippen LogP contribution in [0.4, 0.5) is 0 Å². The lowest BCUT2D eigenvalue weighted by Gasteiger charge is -2.28. The maximum atomic E-state index is 11.1. The zero-order chi connectivity index (χ0) is 9.35. The Morgan fingerprint density at radius 1 is 1.67 bits per heavy atom. The number of hydrogen-bond donors (Lipinski definition) is 2. The van der Waals surface area contributed by atoms with Gasteiger partial charge in [0.25, 0.3) is 0 Å². The van der Waals surface area contributed by atoms with E-state index in [9.17, 15) is 4.79 Å². The van der Waals surface area contributed by atoms with Gasteiger partial charge in [0.15, 0.2) is 0 Å². The number of aliphatic carboxylic acids is 1. The normalized spacial score (nSPS) is 35.8. The first-order valence-corrected chi connectivity index (χ1v) is 4.48. The number of nitrogens with two attached hydrogens (primary N) is 1. The number of carbonyl (C=O) groups is 1. The number of rotatable bonds is 2. The van der Waals surface area contributed by atoms with Crippen molar-refractivity contribution in [2.45, 2.75) is 39.2 Å². The predicted octanol–water partition coefficient (Wildman–Crippen LogP) is 1.22. The molecule has 3 heteroatoms. The lowest BCUT2D eigenvalue weighted by molar-refractivity contribution is -0.151. The average Bonchev–Trinajstić information content (AvgIpc) is 2.32. The molecule has 0 aromatic heterocycles. The van der Waals surface area contributed by atoms with Gasteiger partial charge in [0.1, 0.15) is 0 Å². The standard InChI is InChI=1S/C9H17NO2/c1-6(2)9(8(11)12)4-3-7(10)5-9/h6-7H,3-5,10H2,1-2H3,(H,11,12)/t7-,9+/m1/s1. The smallest absolute Gasteiger partial charge is 0.309 e. The second-order valence-corrected chi connectivity index (χ2v) is 4.12. The molecule has 0 amide bonds. The molecule has 0 unspecified atom stereocenters. The van der Waals surface area contributed by atoms with Gasteiger partial charge in [-0.25, -0.2) is 0 Å². The zero-order valence-electron chi connectivity index (χ0n) is 7.71. The summed E-state index contributed by atoms with van der Waals surface area (Å²) in [6.45, 7) is 3.93. The van der Waals surface area contributed by atoms with Gasteiger partial charge in [-0.3, -0.25) is 4.79 Å². The second kappa shape index (κ2) is 3.05. The van der Waals surface area contributed by atoms with Gasteiger partial charge in [0.05, 0.1) is 5.41 Å². The maximum absolute atomic E-state index is 11.1. The summed E-state index contributed by atoms with van der Waals surface area (Å²) in [7, 11) is 0. The van der Waals surface area contributed by atoms with Gasteiger partial charge < -0.3 is 10.8 Å². The van der Waals surface area contributed by atoms with Crippen molar-refractivity contribution >= 4 is 5.97 Å². The first-order chi connectivity index (χ1) is 5.49. The van der Waals surface area contributed by atoms with E-state index in [0.29, 0.717) is 6.42 Å².